The summed E-state index contributed by atoms with van der Waals surface area (Å²) < 4.78 is 6.33. The minimum absolute atomic E-state index is 0.497. The first-order chi connectivity index (χ1) is 8.59. The minimum atomic E-state index is -0.497. The van der Waals surface area contributed by atoms with Crippen LogP contribution < -0.4 is 5.32 Å². The highest BCUT2D eigenvalue weighted by Crippen LogP contribution is 2.17. The molecule has 2 N–H and O–H groups in total. The summed E-state index contributed by atoms with van der Waals surface area (Å²) in [6.07, 6.45) is -0.497. The van der Waals surface area contributed by atoms with Gasteiger partial charge < -0.3 is 15.2 Å². The largest absolute Gasteiger partial charge is 0.387 e. The van der Waals surface area contributed by atoms with Gasteiger partial charge in [-0.3, -0.25) is 0 Å². The molecule has 0 aliphatic rings. The highest BCUT2D eigenvalue weighted by atomic mass is 79.9. The van der Waals surface area contributed by atoms with Crippen molar-refractivity contribution in [3.05, 3.63) is 46.5 Å². The second-order valence-electron chi connectivity index (χ2n) is 4.28. The van der Waals surface area contributed by atoms with E-state index in [9.17, 15) is 5.11 Å². The first kappa shape index (κ1) is 15.4. The van der Waals surface area contributed by atoms with E-state index < -0.39 is 6.10 Å². The molecule has 0 fully saturated rings. The lowest BCUT2D eigenvalue weighted by molar-refractivity contribution is 0.143. The third-order valence-corrected chi connectivity index (χ3v) is 2.84. The molecule has 0 saturated heterocycles. The average molecular weight is 314 g/mol. The number of aliphatic hydroxyl groups is 1. The fourth-order valence-electron chi connectivity index (χ4n) is 1.46. The van der Waals surface area contributed by atoms with Crippen molar-refractivity contribution in [1.82, 2.24) is 5.32 Å². The molecule has 1 aromatic carbocycles. The van der Waals surface area contributed by atoms with E-state index in [1.54, 1.807) is 0 Å². The molecule has 1 aromatic rings. The van der Waals surface area contributed by atoms with Crippen molar-refractivity contribution in [3.63, 3.8) is 0 Å². The SMILES string of the molecule is C=C(C)COCCNCC(O)c1cccc(Br)c1. The molecular weight excluding hydrogens is 294 g/mol. The molecule has 100 valence electrons. The first-order valence-corrected chi connectivity index (χ1v) is 6.75. The Morgan fingerprint density at radius 1 is 1.56 bits per heavy atom. The lowest BCUT2D eigenvalue weighted by atomic mass is 10.1. The zero-order valence-electron chi connectivity index (χ0n) is 10.7. The maximum absolute atomic E-state index is 9.95. The lowest BCUT2D eigenvalue weighted by Crippen LogP contribution is -2.25. The van der Waals surface area contributed by atoms with E-state index in [-0.39, 0.29) is 0 Å². The van der Waals surface area contributed by atoms with Crippen molar-refractivity contribution in [2.45, 2.75) is 13.0 Å². The molecule has 3 nitrogen and oxygen atoms in total. The van der Waals surface area contributed by atoms with E-state index in [1.807, 2.05) is 31.2 Å². The molecule has 0 saturated carbocycles. The molecule has 0 aromatic heterocycles. The van der Waals surface area contributed by atoms with Crippen LogP contribution in [0.15, 0.2) is 40.9 Å². The second kappa shape index (κ2) is 8.43. The summed E-state index contributed by atoms with van der Waals surface area (Å²) in [4.78, 5) is 0. The maximum atomic E-state index is 9.95. The average Bonchev–Trinajstić information content (AvgIpc) is 2.33. The van der Waals surface area contributed by atoms with Gasteiger partial charge in [0, 0.05) is 17.6 Å². The maximum Gasteiger partial charge on any atom is 0.0914 e. The van der Waals surface area contributed by atoms with Crippen LogP contribution in [0.5, 0.6) is 0 Å². The van der Waals surface area contributed by atoms with Crippen molar-refractivity contribution in [3.8, 4) is 0 Å². The quantitative estimate of drug-likeness (QED) is 0.572. The molecule has 1 unspecified atom stereocenters. The van der Waals surface area contributed by atoms with Crippen molar-refractivity contribution in [1.29, 1.82) is 0 Å². The van der Waals surface area contributed by atoms with Crippen LogP contribution in [0, 0.1) is 0 Å². The van der Waals surface area contributed by atoms with Gasteiger partial charge in [0.15, 0.2) is 0 Å². The molecular formula is C14H20BrNO2. The smallest absolute Gasteiger partial charge is 0.0914 e. The summed E-state index contributed by atoms with van der Waals surface area (Å²) >= 11 is 3.39. The number of benzene rings is 1. The topological polar surface area (TPSA) is 41.5 Å². The van der Waals surface area contributed by atoms with E-state index in [1.165, 1.54) is 0 Å². The zero-order chi connectivity index (χ0) is 13.4. The van der Waals surface area contributed by atoms with Crippen LogP contribution in [-0.2, 0) is 4.74 Å². The number of rotatable bonds is 8. The summed E-state index contributed by atoms with van der Waals surface area (Å²) in [7, 11) is 0. The van der Waals surface area contributed by atoms with E-state index in [0.717, 1.165) is 22.2 Å². The molecule has 0 spiro atoms. The van der Waals surface area contributed by atoms with Crippen LogP contribution in [0.2, 0.25) is 0 Å². The van der Waals surface area contributed by atoms with Gasteiger partial charge >= 0.3 is 0 Å². The van der Waals surface area contributed by atoms with Crippen LogP contribution in [0.3, 0.4) is 0 Å². The van der Waals surface area contributed by atoms with Crippen LogP contribution in [0.4, 0.5) is 0 Å². The van der Waals surface area contributed by atoms with Crippen LogP contribution in [0.25, 0.3) is 0 Å². The molecule has 0 bridgehead atoms. The molecule has 0 aliphatic heterocycles. The Labute approximate surface area is 117 Å². The van der Waals surface area contributed by atoms with Crippen LogP contribution in [-0.4, -0.2) is 31.4 Å². The van der Waals surface area contributed by atoms with Crippen molar-refractivity contribution in [2.24, 2.45) is 0 Å². The Morgan fingerprint density at radius 2 is 2.33 bits per heavy atom. The monoisotopic (exact) mass is 313 g/mol. The standard InChI is InChI=1S/C14H20BrNO2/c1-11(2)10-18-7-6-16-9-14(17)12-4-3-5-13(15)8-12/h3-5,8,14,16-17H,1,6-7,9-10H2,2H3. The van der Waals surface area contributed by atoms with Gasteiger partial charge in [-0.05, 0) is 24.6 Å². The van der Waals surface area contributed by atoms with Gasteiger partial charge in [0.05, 0.1) is 19.3 Å². The Bertz CT molecular complexity index is 382. The first-order valence-electron chi connectivity index (χ1n) is 5.96. The molecule has 0 aliphatic carbocycles. The highest BCUT2D eigenvalue weighted by molar-refractivity contribution is 9.10. The fourth-order valence-corrected chi connectivity index (χ4v) is 1.88. The van der Waals surface area contributed by atoms with Gasteiger partial charge in [-0.2, -0.15) is 0 Å². The molecule has 0 amide bonds. The van der Waals surface area contributed by atoms with Crippen molar-refractivity contribution in [2.75, 3.05) is 26.3 Å². The summed E-state index contributed by atoms with van der Waals surface area (Å²) in [6.45, 7) is 8.15. The second-order valence-corrected chi connectivity index (χ2v) is 5.20. The van der Waals surface area contributed by atoms with E-state index >= 15 is 0 Å². The molecule has 1 rings (SSSR count). The number of ether oxygens (including phenoxy) is 1. The summed E-state index contributed by atoms with van der Waals surface area (Å²) in [5, 5.41) is 13.1. The molecule has 4 heteroatoms. The van der Waals surface area contributed by atoms with Crippen LogP contribution >= 0.6 is 15.9 Å². The Hall–Kier alpha value is -0.680. The summed E-state index contributed by atoms with van der Waals surface area (Å²) in [6, 6.07) is 7.69. The van der Waals surface area contributed by atoms with Gasteiger partial charge in [0.1, 0.15) is 0 Å². The predicted molar refractivity (Wildman–Crippen MR) is 77.6 cm³/mol. The molecule has 0 radical (unpaired) electrons. The summed E-state index contributed by atoms with van der Waals surface area (Å²) in [5.41, 5.74) is 1.92. The number of hydrogen-bond acceptors (Lipinski definition) is 3. The van der Waals surface area contributed by atoms with Gasteiger partial charge in [-0.25, -0.2) is 0 Å². The highest BCUT2D eigenvalue weighted by Gasteiger charge is 2.06. The van der Waals surface area contributed by atoms with Gasteiger partial charge in [-0.1, -0.05) is 40.2 Å². The molecule has 18 heavy (non-hydrogen) atoms. The number of aliphatic hydroxyl groups excluding tert-OH is 1. The Balaban J connectivity index is 2.17. The minimum Gasteiger partial charge on any atom is -0.387 e. The summed E-state index contributed by atoms with van der Waals surface area (Å²) in [5.74, 6) is 0. The normalized spacial score (nSPS) is 12.4. The third-order valence-electron chi connectivity index (χ3n) is 2.34. The van der Waals surface area contributed by atoms with Gasteiger partial charge in [0.2, 0.25) is 0 Å². The van der Waals surface area contributed by atoms with E-state index in [2.05, 4.69) is 27.8 Å². The van der Waals surface area contributed by atoms with Gasteiger partial charge in [-0.15, -0.1) is 0 Å². The Kier molecular flexibility index (Phi) is 7.20. The Morgan fingerprint density at radius 3 is 3.00 bits per heavy atom. The number of hydrogen-bond donors (Lipinski definition) is 2. The predicted octanol–water partition coefficient (Wildman–Crippen LogP) is 2.66. The number of halogens is 1. The van der Waals surface area contributed by atoms with Gasteiger partial charge in [0.25, 0.3) is 0 Å². The third kappa shape index (κ3) is 6.31. The zero-order valence-corrected chi connectivity index (χ0v) is 12.2. The lowest BCUT2D eigenvalue weighted by Gasteiger charge is -2.12. The van der Waals surface area contributed by atoms with E-state index in [4.69, 9.17) is 4.74 Å². The molecule has 0 heterocycles. The van der Waals surface area contributed by atoms with Crippen molar-refractivity contribution >= 4 is 15.9 Å². The van der Waals surface area contributed by atoms with Crippen molar-refractivity contribution < 1.29 is 9.84 Å². The van der Waals surface area contributed by atoms with Crippen LogP contribution in [0.1, 0.15) is 18.6 Å². The molecule has 1 atom stereocenters. The fraction of sp³-hybridized carbons (Fsp3) is 0.429. The number of nitrogens with one attached hydrogen (secondary N) is 1. The van der Waals surface area contributed by atoms with E-state index in [0.29, 0.717) is 19.8 Å².